The van der Waals surface area contributed by atoms with Crippen molar-refractivity contribution in [1.29, 1.82) is 0 Å². The molecule has 5 nitrogen and oxygen atoms in total. The maximum atomic E-state index is 12.1. The van der Waals surface area contributed by atoms with Gasteiger partial charge in [0, 0.05) is 0 Å². The summed E-state index contributed by atoms with van der Waals surface area (Å²) in [5.74, 6) is 0.983. The lowest BCUT2D eigenvalue weighted by atomic mass is 10.2. The van der Waals surface area contributed by atoms with Gasteiger partial charge in [-0.2, -0.15) is 5.10 Å². The zero-order chi connectivity index (χ0) is 16.9. The number of para-hydroxylation sites is 1. The summed E-state index contributed by atoms with van der Waals surface area (Å²) in [6, 6.07) is 9.38. The summed E-state index contributed by atoms with van der Waals surface area (Å²) in [6.45, 7) is 4.42. The Morgan fingerprint density at radius 1 is 1.17 bits per heavy atom. The Morgan fingerprint density at radius 2 is 1.83 bits per heavy atom. The zero-order valence-electron chi connectivity index (χ0n) is 13.0. The molecular formula is C16H18Cl2N2O3. The van der Waals surface area contributed by atoms with Crippen LogP contribution < -0.4 is 15.0 Å². The van der Waals surface area contributed by atoms with Gasteiger partial charge in [-0.3, -0.25) is 4.79 Å². The van der Waals surface area contributed by atoms with Crippen LogP contribution in [0.5, 0.6) is 11.5 Å². The second kappa shape index (κ2) is 7.70. The molecule has 0 bridgehead atoms. The Balaban J connectivity index is 1.93. The summed E-state index contributed by atoms with van der Waals surface area (Å²) >= 11 is 12.1. The van der Waals surface area contributed by atoms with E-state index >= 15 is 0 Å². The minimum absolute atomic E-state index is 0.0133. The average molecular weight is 357 g/mol. The third-order valence-electron chi connectivity index (χ3n) is 2.83. The van der Waals surface area contributed by atoms with Crippen molar-refractivity contribution in [2.75, 3.05) is 13.2 Å². The Kier molecular flexibility index (Phi) is 5.91. The fourth-order valence-corrected chi connectivity index (χ4v) is 2.16. The van der Waals surface area contributed by atoms with Crippen LogP contribution in [0.15, 0.2) is 41.3 Å². The minimum Gasteiger partial charge on any atom is -0.490 e. The summed E-state index contributed by atoms with van der Waals surface area (Å²) in [5.41, 5.74) is -0.429. The maximum Gasteiger partial charge on any atom is 0.289 e. The lowest BCUT2D eigenvalue weighted by molar-refractivity contribution is 0.216. The quantitative estimate of drug-likeness (QED) is 0.563. The van der Waals surface area contributed by atoms with Crippen LogP contribution in [0.2, 0.25) is 5.02 Å². The van der Waals surface area contributed by atoms with E-state index < -0.39 is 10.4 Å². The molecule has 7 heteroatoms. The van der Waals surface area contributed by atoms with Gasteiger partial charge in [-0.1, -0.05) is 29.8 Å². The molecule has 0 saturated heterocycles. The first-order valence-electron chi connectivity index (χ1n) is 7.12. The second-order valence-electron chi connectivity index (χ2n) is 5.51. The van der Waals surface area contributed by atoms with Crippen LogP contribution >= 0.6 is 23.2 Å². The Morgan fingerprint density at radius 3 is 2.48 bits per heavy atom. The van der Waals surface area contributed by atoms with E-state index in [0.717, 1.165) is 5.75 Å². The van der Waals surface area contributed by atoms with Gasteiger partial charge in [0.2, 0.25) is 0 Å². The number of benzene rings is 1. The largest absolute Gasteiger partial charge is 0.490 e. The smallest absolute Gasteiger partial charge is 0.289 e. The molecule has 1 aromatic heterocycles. The van der Waals surface area contributed by atoms with Crippen LogP contribution in [-0.4, -0.2) is 27.9 Å². The van der Waals surface area contributed by atoms with Crippen molar-refractivity contribution >= 4 is 23.2 Å². The molecular weight excluding hydrogens is 339 g/mol. The van der Waals surface area contributed by atoms with Crippen LogP contribution in [-0.2, 0) is 6.54 Å². The van der Waals surface area contributed by atoms with E-state index in [1.165, 1.54) is 10.9 Å². The molecule has 0 spiro atoms. The highest BCUT2D eigenvalue weighted by molar-refractivity contribution is 6.31. The molecule has 0 aliphatic carbocycles. The standard InChI is InChI=1S/C16H18Cl2N2O3/c1-16(2,18)11-20-15(21)14(17)13(10-19-20)23-9-8-22-12-6-4-3-5-7-12/h3-7,10H,8-9,11H2,1-2H3. The van der Waals surface area contributed by atoms with Gasteiger partial charge in [-0.15, -0.1) is 11.6 Å². The third kappa shape index (κ3) is 5.44. The summed E-state index contributed by atoms with van der Waals surface area (Å²) in [4.78, 5) is 11.5. The van der Waals surface area contributed by atoms with E-state index in [9.17, 15) is 4.79 Å². The second-order valence-corrected chi connectivity index (χ2v) is 6.92. The number of nitrogens with zero attached hydrogens (tertiary/aromatic N) is 2. The minimum atomic E-state index is -0.591. The summed E-state index contributed by atoms with van der Waals surface area (Å²) in [6.07, 6.45) is 1.41. The van der Waals surface area contributed by atoms with Gasteiger partial charge in [0.1, 0.15) is 19.0 Å². The molecule has 124 valence electrons. The van der Waals surface area contributed by atoms with Crippen molar-refractivity contribution < 1.29 is 9.47 Å². The van der Waals surface area contributed by atoms with Crippen LogP contribution in [0.4, 0.5) is 0 Å². The van der Waals surface area contributed by atoms with E-state index in [-0.39, 0.29) is 23.9 Å². The molecule has 0 unspecified atom stereocenters. The lowest BCUT2D eigenvalue weighted by Gasteiger charge is -2.17. The Hall–Kier alpha value is -1.72. The topological polar surface area (TPSA) is 53.4 Å². The number of alkyl halides is 1. The lowest BCUT2D eigenvalue weighted by Crippen LogP contribution is -2.31. The zero-order valence-corrected chi connectivity index (χ0v) is 14.5. The van der Waals surface area contributed by atoms with Crippen molar-refractivity contribution in [2.45, 2.75) is 25.3 Å². The molecule has 1 aromatic carbocycles. The number of rotatable bonds is 7. The van der Waals surface area contributed by atoms with Gasteiger partial charge < -0.3 is 9.47 Å². The van der Waals surface area contributed by atoms with Gasteiger partial charge in [-0.05, 0) is 26.0 Å². The van der Waals surface area contributed by atoms with Crippen molar-refractivity contribution in [1.82, 2.24) is 9.78 Å². The van der Waals surface area contributed by atoms with E-state index in [1.54, 1.807) is 13.8 Å². The molecule has 0 amide bonds. The molecule has 0 fully saturated rings. The molecule has 0 aliphatic heterocycles. The Bertz CT molecular complexity index is 697. The molecule has 0 aliphatic rings. The number of hydrogen-bond donors (Lipinski definition) is 0. The predicted octanol–water partition coefficient (Wildman–Crippen LogP) is 3.37. The molecule has 0 saturated carbocycles. The van der Waals surface area contributed by atoms with Crippen LogP contribution in [0.3, 0.4) is 0 Å². The van der Waals surface area contributed by atoms with E-state index in [1.807, 2.05) is 30.3 Å². The SMILES string of the molecule is CC(C)(Cl)Cn1ncc(OCCOc2ccccc2)c(Cl)c1=O. The first-order chi connectivity index (χ1) is 10.9. The fourth-order valence-electron chi connectivity index (χ4n) is 1.85. The number of ether oxygens (including phenoxy) is 2. The highest BCUT2D eigenvalue weighted by Gasteiger charge is 2.18. The normalized spacial score (nSPS) is 11.3. The van der Waals surface area contributed by atoms with E-state index in [2.05, 4.69) is 5.10 Å². The van der Waals surface area contributed by atoms with Crippen molar-refractivity contribution in [3.05, 3.63) is 51.9 Å². The Labute approximate surface area is 144 Å². The fraction of sp³-hybridized carbons (Fsp3) is 0.375. The molecule has 1 heterocycles. The van der Waals surface area contributed by atoms with Crippen LogP contribution in [0.25, 0.3) is 0 Å². The van der Waals surface area contributed by atoms with E-state index in [4.69, 9.17) is 32.7 Å². The molecule has 0 radical (unpaired) electrons. The van der Waals surface area contributed by atoms with Gasteiger partial charge in [0.15, 0.2) is 10.8 Å². The van der Waals surface area contributed by atoms with Gasteiger partial charge in [0.25, 0.3) is 5.56 Å². The molecule has 0 atom stereocenters. The molecule has 2 rings (SSSR count). The van der Waals surface area contributed by atoms with Crippen LogP contribution in [0.1, 0.15) is 13.8 Å². The van der Waals surface area contributed by atoms with Crippen LogP contribution in [0, 0.1) is 0 Å². The van der Waals surface area contributed by atoms with Gasteiger partial charge in [-0.25, -0.2) is 4.68 Å². The summed E-state index contributed by atoms with van der Waals surface area (Å²) in [5, 5.41) is 4.02. The third-order valence-corrected chi connectivity index (χ3v) is 3.30. The number of aromatic nitrogens is 2. The first-order valence-corrected chi connectivity index (χ1v) is 7.87. The molecule has 0 N–H and O–H groups in total. The van der Waals surface area contributed by atoms with Crippen molar-refractivity contribution in [2.24, 2.45) is 0 Å². The highest BCUT2D eigenvalue weighted by atomic mass is 35.5. The maximum absolute atomic E-state index is 12.1. The van der Waals surface area contributed by atoms with Crippen molar-refractivity contribution in [3.8, 4) is 11.5 Å². The first kappa shape index (κ1) is 17.6. The molecule has 2 aromatic rings. The molecule has 23 heavy (non-hydrogen) atoms. The number of halogens is 2. The summed E-state index contributed by atoms with van der Waals surface area (Å²) < 4.78 is 12.2. The van der Waals surface area contributed by atoms with E-state index in [0.29, 0.717) is 6.61 Å². The van der Waals surface area contributed by atoms with Gasteiger partial charge in [0.05, 0.1) is 17.6 Å². The summed E-state index contributed by atoms with van der Waals surface area (Å²) in [7, 11) is 0. The highest BCUT2D eigenvalue weighted by Crippen LogP contribution is 2.20. The monoisotopic (exact) mass is 356 g/mol. The van der Waals surface area contributed by atoms with Crippen molar-refractivity contribution in [3.63, 3.8) is 0 Å². The average Bonchev–Trinajstić information content (AvgIpc) is 2.50. The van der Waals surface area contributed by atoms with Gasteiger partial charge >= 0.3 is 0 Å². The predicted molar refractivity (Wildman–Crippen MR) is 90.9 cm³/mol. The number of hydrogen-bond acceptors (Lipinski definition) is 4.